The number of likely N-dealkylation sites (tertiary alicyclic amines) is 1. The Labute approximate surface area is 223 Å². The predicted octanol–water partition coefficient (Wildman–Crippen LogP) is 5.25. The summed E-state index contributed by atoms with van der Waals surface area (Å²) in [5.74, 6) is -1.35. The van der Waals surface area contributed by atoms with Gasteiger partial charge in [-0.25, -0.2) is 4.39 Å². The molecule has 2 aliphatic rings. The summed E-state index contributed by atoms with van der Waals surface area (Å²) in [6.45, 7) is 1.07. The SMILES string of the molecule is O=C(c1ccc(O)c([N+](=O)[O-])c1)N1CCC2(CC1)CN(C(=O)CCc1ccccc1Cl)c1ccc(F)cc12. The molecule has 8 nitrogen and oxygen atoms in total. The Morgan fingerprint density at radius 3 is 2.53 bits per heavy atom. The van der Waals surface area contributed by atoms with Gasteiger partial charge in [0, 0.05) is 53.8 Å². The molecular weight excluding hydrogens is 513 g/mol. The molecule has 3 aromatic carbocycles. The van der Waals surface area contributed by atoms with Crippen molar-refractivity contribution in [1.82, 2.24) is 4.90 Å². The van der Waals surface area contributed by atoms with Crippen molar-refractivity contribution >= 4 is 34.8 Å². The number of amides is 2. The number of nitrogens with zero attached hydrogens (tertiary/aromatic N) is 3. The maximum absolute atomic E-state index is 14.3. The predicted molar refractivity (Wildman–Crippen MR) is 140 cm³/mol. The lowest BCUT2D eigenvalue weighted by atomic mass is 9.74. The molecule has 1 fully saturated rings. The Bertz CT molecular complexity index is 1440. The summed E-state index contributed by atoms with van der Waals surface area (Å²) in [4.78, 5) is 40.2. The smallest absolute Gasteiger partial charge is 0.311 e. The van der Waals surface area contributed by atoms with Crippen LogP contribution in [0.15, 0.2) is 60.7 Å². The molecule has 1 N–H and O–H groups in total. The van der Waals surface area contributed by atoms with Crippen LogP contribution in [0, 0.1) is 15.9 Å². The van der Waals surface area contributed by atoms with Crippen molar-refractivity contribution < 1.29 is 24.0 Å². The standard InChI is InChI=1S/C28H25ClFN3O5/c29-22-4-2-1-3-18(22)6-10-26(35)32-17-28(21-16-20(30)7-8-23(21)32)11-13-31(14-12-28)27(36)19-5-9-25(34)24(15-19)33(37)38/h1-5,7-9,15-16,34H,6,10-14,17H2. The van der Waals surface area contributed by atoms with Gasteiger partial charge in [0.05, 0.1) is 4.92 Å². The lowest BCUT2D eigenvalue weighted by Crippen LogP contribution is -2.47. The van der Waals surface area contributed by atoms with Gasteiger partial charge in [0.1, 0.15) is 5.82 Å². The molecule has 2 amide bonds. The van der Waals surface area contributed by atoms with E-state index in [9.17, 15) is 29.2 Å². The molecule has 3 aromatic rings. The van der Waals surface area contributed by atoms with Gasteiger partial charge in [0.15, 0.2) is 5.75 Å². The molecule has 38 heavy (non-hydrogen) atoms. The van der Waals surface area contributed by atoms with Crippen molar-refractivity contribution in [2.75, 3.05) is 24.5 Å². The minimum absolute atomic E-state index is 0.0791. The van der Waals surface area contributed by atoms with Gasteiger partial charge in [0.25, 0.3) is 5.91 Å². The number of phenols is 1. The molecule has 0 aromatic heterocycles. The quantitative estimate of drug-likeness (QED) is 0.354. The van der Waals surface area contributed by atoms with Crippen molar-refractivity contribution in [2.24, 2.45) is 0 Å². The first kappa shape index (κ1) is 25.7. The number of piperidine rings is 1. The number of aryl methyl sites for hydroxylation is 1. The zero-order valence-electron chi connectivity index (χ0n) is 20.4. The highest BCUT2D eigenvalue weighted by molar-refractivity contribution is 6.31. The summed E-state index contributed by atoms with van der Waals surface area (Å²) in [5, 5.41) is 21.5. The third-order valence-electron chi connectivity index (χ3n) is 7.58. The second-order valence-corrected chi connectivity index (χ2v) is 10.2. The van der Waals surface area contributed by atoms with Crippen LogP contribution >= 0.6 is 11.6 Å². The summed E-state index contributed by atoms with van der Waals surface area (Å²) in [7, 11) is 0. The van der Waals surface area contributed by atoms with Gasteiger partial charge >= 0.3 is 5.69 Å². The molecule has 196 valence electrons. The summed E-state index contributed by atoms with van der Waals surface area (Å²) >= 11 is 6.25. The van der Waals surface area contributed by atoms with Crippen molar-refractivity contribution in [3.05, 3.63) is 98.3 Å². The summed E-state index contributed by atoms with van der Waals surface area (Å²) in [5.41, 5.74) is 1.41. The summed E-state index contributed by atoms with van der Waals surface area (Å²) in [6, 6.07) is 15.4. The number of benzene rings is 3. The zero-order valence-corrected chi connectivity index (χ0v) is 21.2. The minimum atomic E-state index is -0.737. The number of nitro benzene ring substituents is 1. The zero-order chi connectivity index (χ0) is 27.0. The highest BCUT2D eigenvalue weighted by Crippen LogP contribution is 2.47. The van der Waals surface area contributed by atoms with E-state index in [1.165, 1.54) is 18.2 Å². The monoisotopic (exact) mass is 537 g/mol. The van der Waals surface area contributed by atoms with E-state index in [2.05, 4.69) is 0 Å². The van der Waals surface area contributed by atoms with Gasteiger partial charge in [-0.15, -0.1) is 0 Å². The molecule has 0 aliphatic carbocycles. The molecule has 0 unspecified atom stereocenters. The Kier molecular flexibility index (Phi) is 6.79. The first-order valence-corrected chi connectivity index (χ1v) is 12.7. The Hall–Kier alpha value is -3.98. The maximum Gasteiger partial charge on any atom is 0.311 e. The van der Waals surface area contributed by atoms with E-state index in [0.717, 1.165) is 23.3 Å². The van der Waals surface area contributed by atoms with E-state index >= 15 is 0 Å². The summed E-state index contributed by atoms with van der Waals surface area (Å²) < 4.78 is 14.3. The molecule has 2 heterocycles. The number of halogens is 2. The molecule has 0 atom stereocenters. The topological polar surface area (TPSA) is 104 Å². The number of anilines is 1. The second-order valence-electron chi connectivity index (χ2n) is 9.77. The van der Waals surface area contributed by atoms with Gasteiger partial charge < -0.3 is 14.9 Å². The first-order valence-electron chi connectivity index (χ1n) is 12.3. The Morgan fingerprint density at radius 1 is 1.08 bits per heavy atom. The molecule has 0 bridgehead atoms. The fourth-order valence-corrected chi connectivity index (χ4v) is 5.72. The van der Waals surface area contributed by atoms with Gasteiger partial charge in [-0.1, -0.05) is 29.8 Å². The molecule has 1 saturated heterocycles. The number of rotatable bonds is 5. The van der Waals surface area contributed by atoms with E-state index in [0.29, 0.717) is 49.6 Å². The normalized spacial score (nSPS) is 15.9. The van der Waals surface area contributed by atoms with Crippen LogP contribution in [0.3, 0.4) is 0 Å². The van der Waals surface area contributed by atoms with Gasteiger partial charge in [0.2, 0.25) is 5.91 Å². The minimum Gasteiger partial charge on any atom is -0.502 e. The van der Waals surface area contributed by atoms with Crippen LogP contribution in [-0.2, 0) is 16.6 Å². The molecule has 1 spiro atoms. The highest BCUT2D eigenvalue weighted by atomic mass is 35.5. The molecule has 0 saturated carbocycles. The van der Waals surface area contributed by atoms with Crippen LogP contribution in [0.25, 0.3) is 0 Å². The van der Waals surface area contributed by atoms with Crippen molar-refractivity contribution in [1.29, 1.82) is 0 Å². The summed E-state index contributed by atoms with van der Waals surface area (Å²) in [6.07, 6.45) is 1.74. The van der Waals surface area contributed by atoms with Crippen molar-refractivity contribution in [3.8, 4) is 5.75 Å². The number of carbonyl (C=O) groups excluding carboxylic acids is 2. The second kappa shape index (κ2) is 10.1. The van der Waals surface area contributed by atoms with Crippen LogP contribution in [0.2, 0.25) is 5.02 Å². The third kappa shape index (κ3) is 4.69. The average Bonchev–Trinajstić information content (AvgIpc) is 3.21. The molecule has 2 aliphatic heterocycles. The van der Waals surface area contributed by atoms with Crippen LogP contribution in [0.5, 0.6) is 5.75 Å². The molecular formula is C28H25ClFN3O5. The van der Waals surface area contributed by atoms with E-state index in [-0.39, 0.29) is 29.6 Å². The van der Waals surface area contributed by atoms with E-state index in [1.54, 1.807) is 21.9 Å². The molecule has 0 radical (unpaired) electrons. The van der Waals surface area contributed by atoms with Crippen molar-refractivity contribution in [2.45, 2.75) is 31.1 Å². The molecule has 5 rings (SSSR count). The lowest BCUT2D eigenvalue weighted by Gasteiger charge is -2.40. The number of phenolic OH excluding ortho intramolecular Hbond substituents is 1. The van der Waals surface area contributed by atoms with Crippen molar-refractivity contribution in [3.63, 3.8) is 0 Å². The van der Waals surface area contributed by atoms with Crippen LogP contribution in [0.1, 0.15) is 40.7 Å². The van der Waals surface area contributed by atoms with E-state index < -0.39 is 21.8 Å². The number of aromatic hydroxyl groups is 1. The fourth-order valence-electron chi connectivity index (χ4n) is 5.49. The Balaban J connectivity index is 1.33. The van der Waals surface area contributed by atoms with E-state index in [1.807, 2.05) is 18.2 Å². The van der Waals surface area contributed by atoms with Crippen LogP contribution in [-0.4, -0.2) is 46.4 Å². The van der Waals surface area contributed by atoms with Gasteiger partial charge in [-0.2, -0.15) is 0 Å². The van der Waals surface area contributed by atoms with E-state index in [4.69, 9.17) is 11.6 Å². The highest BCUT2D eigenvalue weighted by Gasteiger charge is 2.47. The first-order chi connectivity index (χ1) is 18.2. The Morgan fingerprint density at radius 2 is 1.82 bits per heavy atom. The maximum atomic E-state index is 14.3. The number of hydrogen-bond acceptors (Lipinski definition) is 5. The number of hydrogen-bond donors (Lipinski definition) is 1. The van der Waals surface area contributed by atoms with Crippen LogP contribution < -0.4 is 4.90 Å². The van der Waals surface area contributed by atoms with Crippen LogP contribution in [0.4, 0.5) is 15.8 Å². The number of fused-ring (bicyclic) bond motifs is 2. The van der Waals surface area contributed by atoms with Gasteiger partial charge in [-0.05, 0) is 66.8 Å². The fraction of sp³-hybridized carbons (Fsp3) is 0.286. The lowest BCUT2D eigenvalue weighted by molar-refractivity contribution is -0.385. The number of carbonyl (C=O) groups is 2. The third-order valence-corrected chi connectivity index (χ3v) is 7.94. The van der Waals surface area contributed by atoms with Gasteiger partial charge in [-0.3, -0.25) is 19.7 Å². The average molecular weight is 538 g/mol. The molecule has 10 heteroatoms. The number of nitro groups is 1. The largest absolute Gasteiger partial charge is 0.502 e.